The van der Waals surface area contributed by atoms with Crippen LogP contribution in [0.4, 0.5) is 8.78 Å². The fraction of sp³-hybridized carbons (Fsp3) is 0.909. The average molecular weight is 230 g/mol. The first kappa shape index (κ1) is 10.4. The first-order valence-electron chi connectivity index (χ1n) is 5.96. The third kappa shape index (κ3) is 1.71. The van der Waals surface area contributed by atoms with Gasteiger partial charge in [0.2, 0.25) is 5.91 Å². The van der Waals surface area contributed by atoms with Gasteiger partial charge in [-0.05, 0) is 25.3 Å². The van der Waals surface area contributed by atoms with Crippen LogP contribution < -0.4 is 5.32 Å². The van der Waals surface area contributed by atoms with Crippen molar-refractivity contribution in [2.75, 3.05) is 19.6 Å². The van der Waals surface area contributed by atoms with E-state index in [1.165, 1.54) is 0 Å². The van der Waals surface area contributed by atoms with Gasteiger partial charge in [-0.2, -0.15) is 0 Å². The molecule has 3 saturated heterocycles. The van der Waals surface area contributed by atoms with E-state index in [9.17, 15) is 13.6 Å². The number of hydrogen-bond acceptors (Lipinski definition) is 2. The number of carbonyl (C=O) groups is 1. The molecule has 0 aromatic heterocycles. The van der Waals surface area contributed by atoms with Crippen molar-refractivity contribution < 1.29 is 13.6 Å². The summed E-state index contributed by atoms with van der Waals surface area (Å²) in [7, 11) is 0. The van der Waals surface area contributed by atoms with Gasteiger partial charge < -0.3 is 10.2 Å². The van der Waals surface area contributed by atoms with Crippen molar-refractivity contribution in [3.8, 4) is 0 Å². The Morgan fingerprint density at radius 3 is 2.62 bits per heavy atom. The molecule has 16 heavy (non-hydrogen) atoms. The van der Waals surface area contributed by atoms with E-state index in [0.29, 0.717) is 25.0 Å². The Kier molecular flexibility index (Phi) is 2.21. The Morgan fingerprint density at radius 2 is 2.06 bits per heavy atom. The fourth-order valence-corrected chi connectivity index (χ4v) is 2.82. The molecule has 3 nitrogen and oxygen atoms in total. The minimum absolute atomic E-state index is 0.245. The lowest BCUT2D eigenvalue weighted by atomic mass is 9.97. The minimum atomic E-state index is -2.73. The predicted octanol–water partition coefficient (Wildman–Crippen LogP) is 0.852. The van der Waals surface area contributed by atoms with Crippen molar-refractivity contribution in [2.45, 2.75) is 31.2 Å². The number of rotatable bonds is 1. The van der Waals surface area contributed by atoms with Crippen molar-refractivity contribution in [1.82, 2.24) is 10.2 Å². The van der Waals surface area contributed by atoms with Crippen LogP contribution in [0.3, 0.4) is 0 Å². The molecule has 1 N–H and O–H groups in total. The van der Waals surface area contributed by atoms with Crippen LogP contribution in [0.1, 0.15) is 19.3 Å². The highest BCUT2D eigenvalue weighted by atomic mass is 19.3. The topological polar surface area (TPSA) is 32.3 Å². The minimum Gasteiger partial charge on any atom is -0.340 e. The summed E-state index contributed by atoms with van der Waals surface area (Å²) in [4.78, 5) is 13.5. The number of carbonyl (C=O) groups excluding carboxylic acids is 1. The molecule has 3 atom stereocenters. The highest BCUT2D eigenvalue weighted by molar-refractivity contribution is 5.83. The molecule has 0 aromatic carbocycles. The standard InChI is InChI=1S/C11H16F2N2O/c12-11(13)3-9(11)10(16)15-5-7-1-2-8(6-15)14-4-7/h7-9,14H,1-6H2. The Hall–Kier alpha value is -0.710. The quantitative estimate of drug-likeness (QED) is 0.724. The lowest BCUT2D eigenvalue weighted by Crippen LogP contribution is -2.41. The van der Waals surface area contributed by atoms with Crippen LogP contribution in [0.25, 0.3) is 0 Å². The SMILES string of the molecule is O=C(C1CC1(F)F)N1CC2CCC(C1)NC2. The third-order valence-electron chi connectivity index (χ3n) is 3.97. The molecule has 3 heterocycles. The molecule has 90 valence electrons. The van der Waals surface area contributed by atoms with Crippen molar-refractivity contribution >= 4 is 5.91 Å². The Labute approximate surface area is 93.2 Å². The van der Waals surface area contributed by atoms with Gasteiger partial charge in [0.15, 0.2) is 0 Å². The van der Waals surface area contributed by atoms with Gasteiger partial charge in [0.1, 0.15) is 5.92 Å². The smallest absolute Gasteiger partial charge is 0.260 e. The zero-order valence-corrected chi connectivity index (χ0v) is 9.09. The first-order chi connectivity index (χ1) is 7.56. The second kappa shape index (κ2) is 3.39. The second-order valence-corrected chi connectivity index (χ2v) is 5.31. The average Bonchev–Trinajstić information content (AvgIpc) is 2.96. The normalized spacial score (nSPS) is 40.6. The van der Waals surface area contributed by atoms with E-state index in [1.54, 1.807) is 4.90 Å². The molecule has 0 spiro atoms. The molecule has 1 amide bonds. The molecule has 1 saturated carbocycles. The van der Waals surface area contributed by atoms with Crippen molar-refractivity contribution in [2.24, 2.45) is 11.8 Å². The van der Waals surface area contributed by atoms with Gasteiger partial charge in [0.25, 0.3) is 5.92 Å². The monoisotopic (exact) mass is 230 g/mol. The number of piperidine rings is 1. The number of fused-ring (bicyclic) bond motifs is 4. The van der Waals surface area contributed by atoms with Gasteiger partial charge in [-0.15, -0.1) is 0 Å². The van der Waals surface area contributed by atoms with Crippen molar-refractivity contribution in [3.63, 3.8) is 0 Å². The first-order valence-corrected chi connectivity index (χ1v) is 5.96. The third-order valence-corrected chi connectivity index (χ3v) is 3.97. The van der Waals surface area contributed by atoms with Crippen molar-refractivity contribution in [1.29, 1.82) is 0 Å². The molecular weight excluding hydrogens is 214 g/mol. The number of amides is 1. The van der Waals surface area contributed by atoms with Crippen LogP contribution in [0.5, 0.6) is 0 Å². The Morgan fingerprint density at radius 1 is 1.31 bits per heavy atom. The maximum absolute atomic E-state index is 12.9. The maximum Gasteiger partial charge on any atom is 0.260 e. The summed E-state index contributed by atoms with van der Waals surface area (Å²) in [5, 5.41) is 3.36. The van der Waals surface area contributed by atoms with E-state index in [2.05, 4.69) is 5.32 Å². The van der Waals surface area contributed by atoms with Gasteiger partial charge in [-0.25, -0.2) is 8.78 Å². The lowest BCUT2D eigenvalue weighted by Gasteiger charge is -2.23. The number of hydrogen-bond donors (Lipinski definition) is 1. The predicted molar refractivity (Wildman–Crippen MR) is 54.1 cm³/mol. The second-order valence-electron chi connectivity index (χ2n) is 5.31. The van der Waals surface area contributed by atoms with E-state index in [1.807, 2.05) is 0 Å². The van der Waals surface area contributed by atoms with Crippen LogP contribution in [0.15, 0.2) is 0 Å². The van der Waals surface area contributed by atoms with Crippen LogP contribution >= 0.6 is 0 Å². The van der Waals surface area contributed by atoms with Crippen LogP contribution in [-0.2, 0) is 4.79 Å². The van der Waals surface area contributed by atoms with E-state index >= 15 is 0 Å². The lowest BCUT2D eigenvalue weighted by molar-refractivity contribution is -0.135. The molecule has 0 radical (unpaired) electrons. The molecule has 4 fully saturated rings. The fourth-order valence-electron chi connectivity index (χ4n) is 2.82. The van der Waals surface area contributed by atoms with E-state index < -0.39 is 11.8 Å². The van der Waals surface area contributed by atoms with Gasteiger partial charge >= 0.3 is 0 Å². The molecule has 0 aromatic rings. The summed E-state index contributed by atoms with van der Waals surface area (Å²) in [5.41, 5.74) is 0. The summed E-state index contributed by atoms with van der Waals surface area (Å²) < 4.78 is 25.7. The molecule has 5 heteroatoms. The highest BCUT2D eigenvalue weighted by Crippen LogP contribution is 2.49. The summed E-state index contributed by atoms with van der Waals surface area (Å²) in [6.07, 6.45) is 1.93. The molecule has 3 aliphatic heterocycles. The van der Waals surface area contributed by atoms with E-state index in [4.69, 9.17) is 0 Å². The summed E-state index contributed by atoms with van der Waals surface area (Å²) in [6, 6.07) is 0.315. The summed E-state index contributed by atoms with van der Waals surface area (Å²) in [6.45, 7) is 2.20. The van der Waals surface area contributed by atoms with Crippen LogP contribution in [0, 0.1) is 11.8 Å². The summed E-state index contributed by atoms with van der Waals surface area (Å²) in [5.74, 6) is -3.62. The Balaban J connectivity index is 1.69. The van der Waals surface area contributed by atoms with Crippen molar-refractivity contribution in [3.05, 3.63) is 0 Å². The molecular formula is C11H16F2N2O. The zero-order valence-electron chi connectivity index (χ0n) is 9.09. The van der Waals surface area contributed by atoms with Gasteiger partial charge in [0, 0.05) is 25.6 Å². The number of alkyl halides is 2. The highest BCUT2D eigenvalue weighted by Gasteiger charge is 2.62. The van der Waals surface area contributed by atoms with E-state index in [-0.39, 0.29) is 12.3 Å². The van der Waals surface area contributed by atoms with Gasteiger partial charge in [0.05, 0.1) is 0 Å². The van der Waals surface area contributed by atoms with Crippen LogP contribution in [0.2, 0.25) is 0 Å². The number of halogens is 2. The van der Waals surface area contributed by atoms with Gasteiger partial charge in [-0.1, -0.05) is 0 Å². The number of nitrogens with one attached hydrogen (secondary N) is 1. The largest absolute Gasteiger partial charge is 0.340 e. The molecule has 2 bridgehead atoms. The van der Waals surface area contributed by atoms with E-state index in [0.717, 1.165) is 19.4 Å². The maximum atomic E-state index is 12.9. The molecule has 3 unspecified atom stereocenters. The number of nitrogens with zero attached hydrogens (tertiary/aromatic N) is 1. The summed E-state index contributed by atoms with van der Waals surface area (Å²) >= 11 is 0. The van der Waals surface area contributed by atoms with Crippen LogP contribution in [-0.4, -0.2) is 42.4 Å². The molecule has 1 aliphatic carbocycles. The van der Waals surface area contributed by atoms with Gasteiger partial charge in [-0.3, -0.25) is 4.79 Å². The molecule has 4 rings (SSSR count). The molecule has 4 aliphatic rings. The Bertz CT molecular complexity index is 299. The zero-order chi connectivity index (χ0) is 11.3.